The first-order chi connectivity index (χ1) is 22.3. The molecule has 4 aromatic heterocycles. The minimum Gasteiger partial charge on any atom is -0.471 e. The van der Waals surface area contributed by atoms with Crippen LogP contribution >= 0.6 is 0 Å². The minimum atomic E-state index is -0.508. The van der Waals surface area contributed by atoms with Crippen molar-refractivity contribution in [3.8, 4) is 17.1 Å². The fourth-order valence-electron chi connectivity index (χ4n) is 6.03. The van der Waals surface area contributed by atoms with Crippen molar-refractivity contribution in [2.45, 2.75) is 51.7 Å². The molecule has 7 rings (SSSR count). The molecule has 2 aliphatic heterocycles. The van der Waals surface area contributed by atoms with Gasteiger partial charge in [-0.25, -0.2) is 19.7 Å². The Labute approximate surface area is 268 Å². The zero-order valence-corrected chi connectivity index (χ0v) is 26.6. The van der Waals surface area contributed by atoms with Crippen molar-refractivity contribution in [1.29, 1.82) is 0 Å². The van der Waals surface area contributed by atoms with Gasteiger partial charge in [-0.1, -0.05) is 18.2 Å². The van der Waals surface area contributed by atoms with Crippen LogP contribution in [-0.4, -0.2) is 80.3 Å². The molecule has 0 unspecified atom stereocenters. The summed E-state index contributed by atoms with van der Waals surface area (Å²) in [6.45, 7) is 9.94. The highest BCUT2D eigenvalue weighted by Crippen LogP contribution is 2.31. The molecular formula is C35H39N7O4. The monoisotopic (exact) mass is 621 g/mol. The van der Waals surface area contributed by atoms with Crippen molar-refractivity contribution < 1.29 is 19.0 Å². The van der Waals surface area contributed by atoms with E-state index in [0.29, 0.717) is 32.1 Å². The number of imidazole rings is 1. The predicted molar refractivity (Wildman–Crippen MR) is 175 cm³/mol. The van der Waals surface area contributed by atoms with Gasteiger partial charge in [-0.15, -0.1) is 0 Å². The Balaban J connectivity index is 1.11. The second-order valence-corrected chi connectivity index (χ2v) is 12.8. The molecule has 11 heteroatoms. The topological polar surface area (TPSA) is 107 Å². The fourth-order valence-corrected chi connectivity index (χ4v) is 6.03. The van der Waals surface area contributed by atoms with Crippen LogP contribution in [0.25, 0.3) is 27.8 Å². The number of hydrogen-bond donors (Lipinski definition) is 0. The van der Waals surface area contributed by atoms with E-state index in [0.717, 1.165) is 71.1 Å². The summed E-state index contributed by atoms with van der Waals surface area (Å²) in [6.07, 6.45) is 7.40. The maximum absolute atomic E-state index is 12.5. The molecule has 2 fully saturated rings. The van der Waals surface area contributed by atoms with Gasteiger partial charge in [0.05, 0.1) is 28.8 Å². The molecule has 5 aromatic rings. The number of rotatable bonds is 6. The van der Waals surface area contributed by atoms with Crippen molar-refractivity contribution in [1.82, 2.24) is 29.2 Å². The molecule has 0 N–H and O–H groups in total. The number of para-hydroxylation sites is 1. The predicted octanol–water partition coefficient (Wildman–Crippen LogP) is 5.87. The van der Waals surface area contributed by atoms with E-state index in [-0.39, 0.29) is 18.6 Å². The van der Waals surface area contributed by atoms with E-state index in [1.54, 1.807) is 4.90 Å². The zero-order valence-electron chi connectivity index (χ0n) is 26.6. The maximum atomic E-state index is 12.5. The van der Waals surface area contributed by atoms with Gasteiger partial charge >= 0.3 is 6.09 Å². The Kier molecular flexibility index (Phi) is 8.16. The van der Waals surface area contributed by atoms with Gasteiger partial charge in [0.15, 0.2) is 5.65 Å². The normalized spacial score (nSPS) is 16.2. The first-order valence-electron chi connectivity index (χ1n) is 15.9. The highest BCUT2D eigenvalue weighted by atomic mass is 16.6. The number of fused-ring (bicyclic) bond motifs is 2. The van der Waals surface area contributed by atoms with Crippen molar-refractivity contribution in [3.05, 3.63) is 78.5 Å². The molecule has 0 atom stereocenters. The molecule has 2 saturated heterocycles. The Morgan fingerprint density at radius 1 is 0.935 bits per heavy atom. The molecule has 0 spiro atoms. The van der Waals surface area contributed by atoms with Crippen LogP contribution in [0.5, 0.6) is 5.88 Å². The van der Waals surface area contributed by atoms with E-state index < -0.39 is 5.60 Å². The van der Waals surface area contributed by atoms with Crippen LogP contribution in [0.4, 0.5) is 10.6 Å². The van der Waals surface area contributed by atoms with Gasteiger partial charge in [-0.3, -0.25) is 9.38 Å². The summed E-state index contributed by atoms with van der Waals surface area (Å²) in [5, 5.41) is 1.07. The summed E-state index contributed by atoms with van der Waals surface area (Å²) in [5.74, 6) is 1.71. The molecule has 11 nitrogen and oxygen atoms in total. The van der Waals surface area contributed by atoms with Crippen LogP contribution in [0, 0.1) is 0 Å². The third kappa shape index (κ3) is 6.46. The summed E-state index contributed by atoms with van der Waals surface area (Å²) in [5.41, 5.74) is 4.84. The lowest BCUT2D eigenvalue weighted by Gasteiger charge is -2.36. The van der Waals surface area contributed by atoms with E-state index in [1.165, 1.54) is 0 Å². The number of aromatic nitrogens is 5. The van der Waals surface area contributed by atoms with E-state index in [4.69, 9.17) is 29.2 Å². The fraction of sp³-hybridized carbons (Fsp3) is 0.400. The Bertz CT molecular complexity index is 1840. The number of anilines is 1. The highest BCUT2D eigenvalue weighted by Gasteiger charge is 2.27. The van der Waals surface area contributed by atoms with Crippen LogP contribution < -0.4 is 9.64 Å². The summed E-state index contributed by atoms with van der Waals surface area (Å²) >= 11 is 0. The number of piperazine rings is 1. The van der Waals surface area contributed by atoms with Gasteiger partial charge in [0, 0.05) is 74.7 Å². The first kappa shape index (κ1) is 29.9. The minimum absolute atomic E-state index is 0.269. The van der Waals surface area contributed by atoms with Crippen molar-refractivity contribution in [2.24, 2.45) is 0 Å². The summed E-state index contributed by atoms with van der Waals surface area (Å²) in [7, 11) is 0. The Morgan fingerprint density at radius 2 is 1.74 bits per heavy atom. The smallest absolute Gasteiger partial charge is 0.410 e. The van der Waals surface area contributed by atoms with Crippen LogP contribution in [0.1, 0.15) is 50.9 Å². The standard InChI is InChI=1S/C35H39N7O4/c1-35(2,3)46-34(43)41-16-14-40(15-17-41)30-10-8-26(20-36-30)29-21-37-32(25-12-18-44-19-13-25)33-38-27(22-42(29)33)23-45-31-11-9-24-6-4-5-7-28(24)39-31/h4-11,20-22,25H,12-19,23H2,1-3H3. The van der Waals surface area contributed by atoms with Crippen molar-refractivity contribution in [2.75, 3.05) is 44.3 Å². The average molecular weight is 622 g/mol. The molecule has 2 aliphatic rings. The Hall–Kier alpha value is -4.77. The Morgan fingerprint density at radius 3 is 2.50 bits per heavy atom. The zero-order chi connectivity index (χ0) is 31.7. The molecule has 1 aromatic carbocycles. The molecular weight excluding hydrogens is 582 g/mol. The van der Waals surface area contributed by atoms with Crippen LogP contribution in [0.2, 0.25) is 0 Å². The van der Waals surface area contributed by atoms with Gasteiger partial charge in [0.1, 0.15) is 18.0 Å². The highest BCUT2D eigenvalue weighted by molar-refractivity contribution is 5.78. The number of nitrogens with zero attached hydrogens (tertiary/aromatic N) is 7. The maximum Gasteiger partial charge on any atom is 0.410 e. The molecule has 0 bridgehead atoms. The molecule has 238 valence electrons. The third-order valence-corrected chi connectivity index (χ3v) is 8.42. The van der Waals surface area contributed by atoms with Gasteiger partial charge in [0.25, 0.3) is 0 Å². The number of pyridine rings is 2. The second-order valence-electron chi connectivity index (χ2n) is 12.8. The number of carbonyl (C=O) groups is 1. The van der Waals surface area contributed by atoms with E-state index >= 15 is 0 Å². The summed E-state index contributed by atoms with van der Waals surface area (Å²) in [6, 6.07) is 16.0. The second kappa shape index (κ2) is 12.6. The quantitative estimate of drug-likeness (QED) is 0.230. The molecule has 0 aliphatic carbocycles. The van der Waals surface area contributed by atoms with Gasteiger partial charge in [0.2, 0.25) is 5.88 Å². The lowest BCUT2D eigenvalue weighted by atomic mass is 9.96. The van der Waals surface area contributed by atoms with E-state index in [1.807, 2.05) is 81.8 Å². The largest absolute Gasteiger partial charge is 0.471 e. The SMILES string of the molecule is CC(C)(C)OC(=O)N1CCN(c2ccc(-c3cnc(C4CCOCC4)c4nc(COc5ccc6ccccc6n5)cn34)cn2)CC1. The van der Waals surface area contributed by atoms with E-state index in [9.17, 15) is 4.79 Å². The van der Waals surface area contributed by atoms with E-state index in [2.05, 4.69) is 20.4 Å². The van der Waals surface area contributed by atoms with Crippen LogP contribution in [0.15, 0.2) is 67.1 Å². The third-order valence-electron chi connectivity index (χ3n) is 8.42. The molecule has 46 heavy (non-hydrogen) atoms. The number of carbonyl (C=O) groups excluding carboxylic acids is 1. The number of ether oxygens (including phenoxy) is 3. The van der Waals surface area contributed by atoms with Crippen LogP contribution in [0.3, 0.4) is 0 Å². The number of hydrogen-bond acceptors (Lipinski definition) is 9. The molecule has 6 heterocycles. The molecule has 0 radical (unpaired) electrons. The number of amides is 1. The van der Waals surface area contributed by atoms with Crippen molar-refractivity contribution >= 4 is 28.5 Å². The molecule has 1 amide bonds. The van der Waals surface area contributed by atoms with Gasteiger partial charge in [-0.2, -0.15) is 0 Å². The summed E-state index contributed by atoms with van der Waals surface area (Å²) < 4.78 is 19.4. The lowest BCUT2D eigenvalue weighted by molar-refractivity contribution is 0.0240. The van der Waals surface area contributed by atoms with Gasteiger partial charge in [-0.05, 0) is 57.9 Å². The van der Waals surface area contributed by atoms with Crippen LogP contribution in [-0.2, 0) is 16.1 Å². The summed E-state index contributed by atoms with van der Waals surface area (Å²) in [4.78, 5) is 35.9. The van der Waals surface area contributed by atoms with Gasteiger partial charge < -0.3 is 24.0 Å². The van der Waals surface area contributed by atoms with Crippen molar-refractivity contribution in [3.63, 3.8) is 0 Å². The first-order valence-corrected chi connectivity index (χ1v) is 15.9. The lowest BCUT2D eigenvalue weighted by Crippen LogP contribution is -2.50. The molecule has 0 saturated carbocycles. The number of benzene rings is 1. The average Bonchev–Trinajstić information content (AvgIpc) is 3.51.